The average Bonchev–Trinajstić information content (AvgIpc) is 2.34. The van der Waals surface area contributed by atoms with Gasteiger partial charge in [0.15, 0.2) is 0 Å². The highest BCUT2D eigenvalue weighted by molar-refractivity contribution is 8.03. The van der Waals surface area contributed by atoms with Gasteiger partial charge in [0, 0.05) is 11.8 Å². The molecule has 6 nitrogen and oxygen atoms in total. The van der Waals surface area contributed by atoms with Crippen molar-refractivity contribution < 1.29 is 4.74 Å². The summed E-state index contributed by atoms with van der Waals surface area (Å²) in [7, 11) is 0. The quantitative estimate of drug-likeness (QED) is 0.793. The minimum absolute atomic E-state index is 0.314. The van der Waals surface area contributed by atoms with Crippen LogP contribution in [0.15, 0.2) is 15.8 Å². The van der Waals surface area contributed by atoms with E-state index >= 15 is 0 Å². The number of aromatic amines is 1. The van der Waals surface area contributed by atoms with Crippen molar-refractivity contribution in [3.8, 4) is 5.40 Å². The number of nitriles is 1. The number of hydrogen-bond acceptors (Lipinski definition) is 5. The van der Waals surface area contributed by atoms with Gasteiger partial charge in [-0.25, -0.2) is 4.79 Å². The molecule has 0 bridgehead atoms. The van der Waals surface area contributed by atoms with E-state index in [1.54, 1.807) is 6.92 Å². The highest BCUT2D eigenvalue weighted by Crippen LogP contribution is 2.14. The fourth-order valence-corrected chi connectivity index (χ4v) is 1.89. The molecule has 1 unspecified atom stereocenters. The van der Waals surface area contributed by atoms with Gasteiger partial charge in [-0.1, -0.05) is 13.8 Å². The summed E-state index contributed by atoms with van der Waals surface area (Å²) < 4.78 is 6.96. The number of nitrogens with one attached hydrogen (secondary N) is 1. The van der Waals surface area contributed by atoms with Crippen molar-refractivity contribution in [2.75, 3.05) is 12.4 Å². The molecule has 1 N–H and O–H groups in total. The number of thiocyanates is 1. The maximum Gasteiger partial charge on any atom is 0.330 e. The van der Waals surface area contributed by atoms with Gasteiger partial charge in [0.25, 0.3) is 5.56 Å². The summed E-state index contributed by atoms with van der Waals surface area (Å²) in [6, 6.07) is 0. The molecule has 0 saturated carbocycles. The van der Waals surface area contributed by atoms with Crippen molar-refractivity contribution in [2.24, 2.45) is 5.92 Å². The van der Waals surface area contributed by atoms with E-state index in [2.05, 4.69) is 4.98 Å². The van der Waals surface area contributed by atoms with E-state index in [-0.39, 0.29) is 0 Å². The molecular weight excluding hydrogens is 266 g/mol. The van der Waals surface area contributed by atoms with Crippen LogP contribution in [0.3, 0.4) is 0 Å². The van der Waals surface area contributed by atoms with Gasteiger partial charge in [0.2, 0.25) is 0 Å². The smallest absolute Gasteiger partial charge is 0.330 e. The summed E-state index contributed by atoms with van der Waals surface area (Å²) in [5.74, 6) is 0.642. The number of nitrogens with zero attached hydrogens (tertiary/aromatic N) is 2. The Balaban J connectivity index is 3.03. The molecule has 0 aromatic carbocycles. The maximum absolute atomic E-state index is 11.8. The number of aryl methyl sites for hydroxylation is 1. The molecule has 1 atom stereocenters. The van der Waals surface area contributed by atoms with Crippen molar-refractivity contribution in [3.63, 3.8) is 0 Å². The first-order valence-electron chi connectivity index (χ1n) is 5.90. The lowest BCUT2D eigenvalue weighted by Crippen LogP contribution is -2.35. The molecule has 104 valence electrons. The average molecular weight is 283 g/mol. The van der Waals surface area contributed by atoms with Gasteiger partial charge in [0.05, 0.1) is 12.4 Å². The second-order valence-corrected chi connectivity index (χ2v) is 5.37. The first-order valence-corrected chi connectivity index (χ1v) is 6.88. The van der Waals surface area contributed by atoms with Gasteiger partial charge in [-0.3, -0.25) is 14.3 Å². The Kier molecular flexibility index (Phi) is 5.86. The van der Waals surface area contributed by atoms with Crippen LogP contribution >= 0.6 is 11.8 Å². The molecule has 0 aliphatic rings. The van der Waals surface area contributed by atoms with Crippen LogP contribution in [-0.4, -0.2) is 21.9 Å². The molecule has 1 rings (SSSR count). The maximum atomic E-state index is 11.8. The second kappa shape index (κ2) is 7.16. The van der Waals surface area contributed by atoms with Crippen LogP contribution in [0.25, 0.3) is 0 Å². The fourth-order valence-electron chi connectivity index (χ4n) is 1.42. The van der Waals surface area contributed by atoms with Crippen molar-refractivity contribution in [3.05, 3.63) is 32.6 Å². The summed E-state index contributed by atoms with van der Waals surface area (Å²) in [5, 5.41) is 10.6. The molecule has 1 heterocycles. The van der Waals surface area contributed by atoms with E-state index < -0.39 is 17.5 Å². The van der Waals surface area contributed by atoms with Crippen LogP contribution < -0.4 is 11.2 Å². The Hall–Kier alpha value is -1.52. The van der Waals surface area contributed by atoms with E-state index in [1.807, 2.05) is 19.2 Å². The van der Waals surface area contributed by atoms with Crippen molar-refractivity contribution in [1.29, 1.82) is 5.26 Å². The van der Waals surface area contributed by atoms with Crippen LogP contribution in [0.5, 0.6) is 0 Å². The minimum atomic E-state index is -0.560. The molecule has 0 aliphatic carbocycles. The lowest BCUT2D eigenvalue weighted by atomic mass is 10.2. The Morgan fingerprint density at radius 1 is 1.53 bits per heavy atom. The summed E-state index contributed by atoms with van der Waals surface area (Å²) in [6.45, 7) is 6.08. The Labute approximate surface area is 115 Å². The Bertz CT molecular complexity index is 571. The van der Waals surface area contributed by atoms with Crippen LogP contribution in [0.4, 0.5) is 0 Å². The lowest BCUT2D eigenvalue weighted by Gasteiger charge is -2.20. The highest BCUT2D eigenvalue weighted by Gasteiger charge is 2.15. The molecule has 0 saturated heterocycles. The number of rotatable bonds is 6. The Morgan fingerprint density at radius 2 is 2.21 bits per heavy atom. The predicted molar refractivity (Wildman–Crippen MR) is 74.0 cm³/mol. The number of H-pyrrole nitrogens is 1. The first-order chi connectivity index (χ1) is 8.95. The van der Waals surface area contributed by atoms with Crippen LogP contribution in [0.2, 0.25) is 0 Å². The van der Waals surface area contributed by atoms with Gasteiger partial charge in [-0.2, -0.15) is 5.26 Å². The van der Waals surface area contributed by atoms with Crippen LogP contribution in [0, 0.1) is 23.5 Å². The van der Waals surface area contributed by atoms with Gasteiger partial charge in [0.1, 0.15) is 11.6 Å². The molecule has 0 amide bonds. The van der Waals surface area contributed by atoms with Crippen LogP contribution in [0.1, 0.15) is 25.6 Å². The number of hydrogen-bond donors (Lipinski definition) is 1. The third-order valence-corrected chi connectivity index (χ3v) is 2.95. The Morgan fingerprint density at radius 3 is 2.79 bits per heavy atom. The van der Waals surface area contributed by atoms with E-state index in [1.165, 1.54) is 10.8 Å². The largest absolute Gasteiger partial charge is 0.357 e. The van der Waals surface area contributed by atoms with E-state index in [4.69, 9.17) is 10.00 Å². The molecular formula is C12H17N3O3S. The third kappa shape index (κ3) is 4.58. The summed E-state index contributed by atoms with van der Waals surface area (Å²) in [6.07, 6.45) is 0.902. The van der Waals surface area contributed by atoms with E-state index in [0.29, 0.717) is 23.8 Å². The zero-order chi connectivity index (χ0) is 14.4. The number of ether oxygens (including phenoxy) is 1. The molecule has 1 aromatic rings. The normalized spacial score (nSPS) is 12.4. The standard InChI is InChI=1S/C12H17N3O3S/c1-8(2)5-18-10(6-19-7-13)15-4-9(3)11(16)14-12(15)17/h4,8,10H,5-6H2,1-3H3,(H,14,16,17). The second-order valence-electron chi connectivity index (χ2n) is 4.56. The van der Waals surface area contributed by atoms with E-state index in [9.17, 15) is 9.59 Å². The zero-order valence-corrected chi connectivity index (χ0v) is 12.0. The van der Waals surface area contributed by atoms with Crippen molar-refractivity contribution in [1.82, 2.24) is 9.55 Å². The van der Waals surface area contributed by atoms with Gasteiger partial charge in [-0.15, -0.1) is 0 Å². The third-order valence-electron chi connectivity index (χ3n) is 2.37. The molecule has 19 heavy (non-hydrogen) atoms. The van der Waals surface area contributed by atoms with E-state index in [0.717, 1.165) is 11.8 Å². The fraction of sp³-hybridized carbons (Fsp3) is 0.583. The number of aromatic nitrogens is 2. The monoisotopic (exact) mass is 283 g/mol. The molecule has 1 aromatic heterocycles. The van der Waals surface area contributed by atoms with Gasteiger partial charge in [-0.05, 0) is 24.6 Å². The topological polar surface area (TPSA) is 87.9 Å². The highest BCUT2D eigenvalue weighted by atomic mass is 32.2. The van der Waals surface area contributed by atoms with Gasteiger partial charge < -0.3 is 4.74 Å². The molecule has 0 radical (unpaired) electrons. The number of thioether (sulfide) groups is 1. The summed E-state index contributed by atoms with van der Waals surface area (Å²) in [5.41, 5.74) is -0.501. The predicted octanol–water partition coefficient (Wildman–Crippen LogP) is 1.23. The zero-order valence-electron chi connectivity index (χ0n) is 11.2. The van der Waals surface area contributed by atoms with Crippen LogP contribution in [-0.2, 0) is 4.74 Å². The molecule has 7 heteroatoms. The SMILES string of the molecule is Cc1cn(C(CSC#N)OCC(C)C)c(=O)[nH]c1=O. The molecule has 0 fully saturated rings. The summed E-state index contributed by atoms with van der Waals surface area (Å²) >= 11 is 1.01. The first kappa shape index (κ1) is 15.5. The molecule has 0 spiro atoms. The minimum Gasteiger partial charge on any atom is -0.357 e. The van der Waals surface area contributed by atoms with Crippen molar-refractivity contribution >= 4 is 11.8 Å². The summed E-state index contributed by atoms with van der Waals surface area (Å²) in [4.78, 5) is 25.3. The lowest BCUT2D eigenvalue weighted by molar-refractivity contribution is 0.00164. The van der Waals surface area contributed by atoms with Gasteiger partial charge >= 0.3 is 5.69 Å². The molecule has 0 aliphatic heterocycles. The van der Waals surface area contributed by atoms with Crippen molar-refractivity contribution in [2.45, 2.75) is 27.0 Å².